The predicted octanol–water partition coefficient (Wildman–Crippen LogP) is 3.58. The molecule has 1 aromatic heterocycles. The van der Waals surface area contributed by atoms with Crippen LogP contribution >= 0.6 is 48.8 Å². The van der Waals surface area contributed by atoms with Crippen molar-refractivity contribution in [1.29, 1.82) is 0 Å². The van der Waals surface area contributed by atoms with Crippen molar-refractivity contribution >= 4 is 70.6 Å². The van der Waals surface area contributed by atoms with Gasteiger partial charge in [0.25, 0.3) is 0 Å². The fraction of sp³-hybridized carbons (Fsp3) is 0.667. The van der Waals surface area contributed by atoms with Crippen LogP contribution in [0.25, 0.3) is 0 Å². The zero-order valence-corrected chi connectivity index (χ0v) is 23.4. The zero-order chi connectivity index (χ0) is 22.2. The Morgan fingerprint density at radius 3 is 2.24 bits per heavy atom. The minimum absolute atomic E-state index is 0. The van der Waals surface area contributed by atoms with E-state index in [0.717, 1.165) is 56.1 Å². The van der Waals surface area contributed by atoms with Gasteiger partial charge in [-0.1, -0.05) is 22.7 Å². The molecule has 2 fully saturated rings. The number of halogens is 4. The van der Waals surface area contributed by atoms with Crippen LogP contribution in [-0.4, -0.2) is 78.0 Å². The van der Waals surface area contributed by atoms with E-state index >= 15 is 0 Å². The number of amides is 1. The first kappa shape index (κ1) is 31.2. The van der Waals surface area contributed by atoms with Gasteiger partial charge in [-0.2, -0.15) is 0 Å². The lowest BCUT2D eigenvalue weighted by molar-refractivity contribution is -0.129. The molecule has 3 aliphatic rings. The van der Waals surface area contributed by atoms with Crippen LogP contribution in [0.15, 0.2) is 23.5 Å². The largest absolute Gasteiger partial charge is 0.353 e. The van der Waals surface area contributed by atoms with Gasteiger partial charge in [0.05, 0.1) is 23.6 Å². The lowest BCUT2D eigenvalue weighted by Gasteiger charge is -2.35. The fourth-order valence-electron chi connectivity index (χ4n) is 4.80. The van der Waals surface area contributed by atoms with E-state index in [1.165, 1.54) is 10.5 Å². The Labute approximate surface area is 225 Å². The number of unbranched alkanes of at least 4 members (excludes halogenated alkanes) is 1. The summed E-state index contributed by atoms with van der Waals surface area (Å²) >= 11 is 5.93. The van der Waals surface area contributed by atoms with Gasteiger partial charge in [0.1, 0.15) is 11.0 Å². The molecular formula is C21H33Cl4N5O3S. The molecule has 13 heteroatoms. The van der Waals surface area contributed by atoms with Crippen LogP contribution in [-0.2, 0) is 14.8 Å². The number of allylic oxidation sites excluding steroid dienone is 2. The van der Waals surface area contributed by atoms with E-state index in [0.29, 0.717) is 31.0 Å². The number of anilines is 1. The number of piperazine rings is 1. The molecule has 1 amide bonds. The second-order valence-corrected chi connectivity index (χ2v) is 11.3. The fourth-order valence-corrected chi connectivity index (χ4v) is 7.13. The van der Waals surface area contributed by atoms with Crippen molar-refractivity contribution in [2.75, 3.05) is 44.2 Å². The minimum atomic E-state index is -3.53. The number of carbonyl (C=O) groups excluding carboxylic acids is 1. The van der Waals surface area contributed by atoms with Gasteiger partial charge in [-0.3, -0.25) is 14.7 Å². The Balaban J connectivity index is 0.00000193. The highest BCUT2D eigenvalue weighted by atomic mass is 35.5. The first-order valence-electron chi connectivity index (χ1n) is 10.9. The summed E-state index contributed by atoms with van der Waals surface area (Å²) in [4.78, 5) is 25.7. The lowest BCUT2D eigenvalue weighted by atomic mass is 9.84. The second kappa shape index (κ2) is 12.9. The van der Waals surface area contributed by atoms with Crippen LogP contribution in [0.5, 0.6) is 0 Å². The van der Waals surface area contributed by atoms with Crippen molar-refractivity contribution in [2.45, 2.75) is 44.8 Å². The van der Waals surface area contributed by atoms with Crippen molar-refractivity contribution in [2.24, 2.45) is 5.92 Å². The average molecular weight is 577 g/mol. The molecule has 194 valence electrons. The lowest BCUT2D eigenvalue weighted by Crippen LogP contribution is -2.47. The molecule has 0 saturated carbocycles. The Bertz CT molecular complexity index is 986. The number of fused-ring (bicyclic) bond motifs is 1. The van der Waals surface area contributed by atoms with E-state index in [-0.39, 0.29) is 43.1 Å². The van der Waals surface area contributed by atoms with Crippen LogP contribution in [0.2, 0.25) is 5.15 Å². The maximum atomic E-state index is 12.9. The molecule has 0 bridgehead atoms. The maximum Gasteiger partial charge on any atom is 0.241 e. The second-order valence-electron chi connectivity index (χ2n) is 8.80. The highest BCUT2D eigenvalue weighted by Gasteiger charge is 2.53. The molecule has 1 aromatic rings. The smallest absolute Gasteiger partial charge is 0.241 e. The third kappa shape index (κ3) is 6.48. The number of rotatable bonds is 6. The molecule has 0 spiro atoms. The molecule has 0 aromatic carbocycles. The normalized spacial score (nSPS) is 24.1. The molecule has 0 N–H and O–H groups in total. The number of nitrogens with zero attached hydrogens (tertiary/aromatic N) is 5. The summed E-state index contributed by atoms with van der Waals surface area (Å²) in [5.74, 6) is 0.204. The molecule has 2 saturated heterocycles. The molecular weight excluding hydrogens is 544 g/mol. The summed E-state index contributed by atoms with van der Waals surface area (Å²) < 4.78 is 27.0. The summed E-state index contributed by atoms with van der Waals surface area (Å²) in [7, 11) is -3.53. The Morgan fingerprint density at radius 2 is 1.59 bits per heavy atom. The van der Waals surface area contributed by atoms with Gasteiger partial charge >= 0.3 is 0 Å². The van der Waals surface area contributed by atoms with Gasteiger partial charge < -0.3 is 4.90 Å². The van der Waals surface area contributed by atoms with Gasteiger partial charge in [-0.25, -0.2) is 17.7 Å². The predicted molar refractivity (Wildman–Crippen MR) is 142 cm³/mol. The Kier molecular flexibility index (Phi) is 11.9. The minimum Gasteiger partial charge on any atom is -0.353 e. The molecule has 3 heterocycles. The Morgan fingerprint density at radius 1 is 0.971 bits per heavy atom. The number of hydrogen-bond acceptors (Lipinski definition) is 7. The number of carbonyl (C=O) groups is 1. The number of hydrogen-bond donors (Lipinski definition) is 0. The quantitative estimate of drug-likeness (QED) is 0.378. The summed E-state index contributed by atoms with van der Waals surface area (Å²) in [5.41, 5.74) is 2.27. The van der Waals surface area contributed by atoms with Gasteiger partial charge in [-0.05, 0) is 46.1 Å². The first-order valence-corrected chi connectivity index (χ1v) is 12.8. The van der Waals surface area contributed by atoms with Crippen molar-refractivity contribution in [3.63, 3.8) is 0 Å². The van der Waals surface area contributed by atoms with E-state index in [4.69, 9.17) is 11.6 Å². The molecule has 1 aliphatic carbocycles. The van der Waals surface area contributed by atoms with Crippen molar-refractivity contribution in [3.8, 4) is 0 Å². The highest BCUT2D eigenvalue weighted by Crippen LogP contribution is 2.41. The zero-order valence-electron chi connectivity index (χ0n) is 19.4. The highest BCUT2D eigenvalue weighted by molar-refractivity contribution is 7.90. The van der Waals surface area contributed by atoms with E-state index in [2.05, 4.69) is 19.8 Å². The molecule has 34 heavy (non-hydrogen) atoms. The van der Waals surface area contributed by atoms with Crippen molar-refractivity contribution in [3.05, 3.63) is 28.7 Å². The van der Waals surface area contributed by atoms with Gasteiger partial charge in [0.15, 0.2) is 0 Å². The topological polar surface area (TPSA) is 86.7 Å². The summed E-state index contributed by atoms with van der Waals surface area (Å²) in [6.45, 7) is 8.69. The van der Waals surface area contributed by atoms with Crippen LogP contribution in [0.1, 0.15) is 39.5 Å². The summed E-state index contributed by atoms with van der Waals surface area (Å²) in [5, 5.41) is -0.168. The monoisotopic (exact) mass is 575 g/mol. The molecule has 2 unspecified atom stereocenters. The van der Waals surface area contributed by atoms with Crippen LogP contribution in [0, 0.1) is 5.92 Å². The van der Waals surface area contributed by atoms with E-state index in [1.807, 2.05) is 13.8 Å². The third-order valence-electron chi connectivity index (χ3n) is 6.84. The number of aromatic nitrogens is 2. The van der Waals surface area contributed by atoms with Crippen LogP contribution < -0.4 is 4.90 Å². The molecule has 2 aliphatic heterocycles. The maximum absolute atomic E-state index is 12.9. The molecule has 0 radical (unpaired) electrons. The summed E-state index contributed by atoms with van der Waals surface area (Å²) in [6, 6.07) is 0. The Hall–Kier alpha value is -0.840. The first-order chi connectivity index (χ1) is 14.8. The standard InChI is InChI=1S/C21H30ClN5O3S.3ClH/c1-15-11-17-18(12-16(15)2)31(29,30)27(21(17)28)6-4-3-5-25-7-9-26(10-8-25)20-14-23-13-19(22)24-20;;;/h13-14,17-18H,3-12H2,1-2H3;3*1H. The van der Waals surface area contributed by atoms with Crippen LogP contribution in [0.4, 0.5) is 5.82 Å². The number of sulfonamides is 1. The molecule has 8 nitrogen and oxygen atoms in total. The van der Waals surface area contributed by atoms with Gasteiger partial charge in [0.2, 0.25) is 15.9 Å². The van der Waals surface area contributed by atoms with E-state index < -0.39 is 21.2 Å². The van der Waals surface area contributed by atoms with E-state index in [1.54, 1.807) is 6.20 Å². The third-order valence-corrected chi connectivity index (χ3v) is 9.26. The van der Waals surface area contributed by atoms with Gasteiger partial charge in [0, 0.05) is 32.7 Å². The van der Waals surface area contributed by atoms with Crippen molar-refractivity contribution < 1.29 is 13.2 Å². The van der Waals surface area contributed by atoms with Crippen molar-refractivity contribution in [1.82, 2.24) is 19.2 Å². The SMILES string of the molecule is CC1=C(C)CC2C(C1)C(=O)N(CCCCN1CCN(c3cncc(Cl)n3)CC1)S2(=O)=O.Cl.Cl.Cl. The van der Waals surface area contributed by atoms with Crippen LogP contribution in [0.3, 0.4) is 0 Å². The molecule has 2 atom stereocenters. The van der Waals surface area contributed by atoms with E-state index in [9.17, 15) is 13.2 Å². The van der Waals surface area contributed by atoms with Gasteiger partial charge in [-0.15, -0.1) is 37.2 Å². The molecule has 4 rings (SSSR count). The average Bonchev–Trinajstić information content (AvgIpc) is 2.92. The summed E-state index contributed by atoms with van der Waals surface area (Å²) in [6.07, 6.45) is 5.87.